The topological polar surface area (TPSA) is 106 Å². The summed E-state index contributed by atoms with van der Waals surface area (Å²) in [5, 5.41) is 13.2. The summed E-state index contributed by atoms with van der Waals surface area (Å²) in [5.74, 6) is -1.37. The molecule has 0 saturated carbocycles. The van der Waals surface area contributed by atoms with Gasteiger partial charge in [0.25, 0.3) is 5.91 Å². The number of aliphatic carboxylic acids is 1. The van der Waals surface area contributed by atoms with E-state index in [1.807, 2.05) is 44.2 Å². The third kappa shape index (κ3) is 6.37. The summed E-state index contributed by atoms with van der Waals surface area (Å²) >= 11 is 5.89. The molecule has 37 heavy (non-hydrogen) atoms. The van der Waals surface area contributed by atoms with Crippen LogP contribution in [0.15, 0.2) is 75.9 Å². The second-order valence-electron chi connectivity index (χ2n) is 8.87. The largest absolute Gasteiger partial charge is 0.483 e. The zero-order valence-electron chi connectivity index (χ0n) is 20.4. The number of aryl methyl sites for hydroxylation is 2. The number of benzene rings is 3. The maximum atomic E-state index is 12.8. The van der Waals surface area contributed by atoms with Gasteiger partial charge in [-0.3, -0.25) is 4.79 Å². The number of carbonyl (C=O) groups excluding carboxylic acids is 1. The molecular weight excluding hydrogens is 494 g/mol. The molecule has 0 aliphatic rings. The molecule has 0 saturated heterocycles. The lowest BCUT2D eigenvalue weighted by Gasteiger charge is -2.17. The highest BCUT2D eigenvalue weighted by molar-refractivity contribution is 6.30. The Balaban J connectivity index is 1.55. The number of carbonyl (C=O) groups is 2. The van der Waals surface area contributed by atoms with E-state index in [0.29, 0.717) is 39.3 Å². The van der Waals surface area contributed by atoms with Gasteiger partial charge in [0.15, 0.2) is 6.61 Å². The second kappa shape index (κ2) is 11.3. The van der Waals surface area contributed by atoms with Gasteiger partial charge in [0.2, 0.25) is 0 Å². The van der Waals surface area contributed by atoms with E-state index in [0.717, 1.165) is 16.7 Å². The Bertz CT molecular complexity index is 1500. The molecule has 0 spiro atoms. The van der Waals surface area contributed by atoms with Gasteiger partial charge in [0.05, 0.1) is 5.39 Å². The third-order valence-corrected chi connectivity index (χ3v) is 6.31. The number of nitrogens with one attached hydrogen (secondary N) is 1. The van der Waals surface area contributed by atoms with Crippen LogP contribution in [0.3, 0.4) is 0 Å². The Hall–Kier alpha value is -4.10. The summed E-state index contributed by atoms with van der Waals surface area (Å²) in [6.45, 7) is 3.24. The second-order valence-corrected chi connectivity index (χ2v) is 9.31. The average Bonchev–Trinajstić information content (AvgIpc) is 2.86. The van der Waals surface area contributed by atoms with Gasteiger partial charge in [0, 0.05) is 23.4 Å². The molecule has 1 heterocycles. The van der Waals surface area contributed by atoms with E-state index in [9.17, 15) is 19.5 Å². The first-order valence-electron chi connectivity index (χ1n) is 11.7. The lowest BCUT2D eigenvalue weighted by molar-refractivity contribution is -0.142. The van der Waals surface area contributed by atoms with Gasteiger partial charge in [0.1, 0.15) is 17.4 Å². The van der Waals surface area contributed by atoms with Crippen LogP contribution < -0.4 is 15.7 Å². The summed E-state index contributed by atoms with van der Waals surface area (Å²) in [6.07, 6.45) is 0.489. The van der Waals surface area contributed by atoms with Crippen LogP contribution in [-0.2, 0) is 22.4 Å². The quantitative estimate of drug-likeness (QED) is 0.306. The molecule has 0 radical (unpaired) electrons. The monoisotopic (exact) mass is 519 g/mol. The Morgan fingerprint density at radius 1 is 1.03 bits per heavy atom. The molecule has 190 valence electrons. The maximum absolute atomic E-state index is 12.8. The minimum absolute atomic E-state index is 0.0960. The molecule has 0 bridgehead atoms. The molecule has 0 aliphatic heterocycles. The van der Waals surface area contributed by atoms with Gasteiger partial charge in [-0.25, -0.2) is 9.59 Å². The molecule has 8 heteroatoms. The lowest BCUT2D eigenvalue weighted by Crippen LogP contribution is -2.44. The van der Waals surface area contributed by atoms with Crippen molar-refractivity contribution in [3.8, 4) is 5.75 Å². The van der Waals surface area contributed by atoms with Gasteiger partial charge >= 0.3 is 11.6 Å². The van der Waals surface area contributed by atoms with Gasteiger partial charge in [-0.05, 0) is 60.4 Å². The fourth-order valence-corrected chi connectivity index (χ4v) is 4.32. The fraction of sp³-hybridized carbons (Fsp3) is 0.207. The highest BCUT2D eigenvalue weighted by Gasteiger charge is 2.22. The molecule has 4 aromatic rings. The number of carboxylic acid groups (broad SMARTS) is 1. The highest BCUT2D eigenvalue weighted by atomic mass is 35.5. The van der Waals surface area contributed by atoms with Crippen LogP contribution in [0.4, 0.5) is 0 Å². The number of amides is 1. The number of hydrogen-bond acceptors (Lipinski definition) is 5. The SMILES string of the molecule is Cc1cc(OCC(=O)N[C@@H](Cc2ccc(Cl)cc2)C(=O)O)c2c(C)c(Cc3ccccc3)c(=O)oc2c1. The van der Waals surface area contributed by atoms with Crippen LogP contribution in [0.1, 0.15) is 27.8 Å². The van der Waals surface area contributed by atoms with Crippen LogP contribution in [0.25, 0.3) is 11.0 Å². The Labute approximate surface area is 218 Å². The number of rotatable bonds is 9. The summed E-state index contributed by atoms with van der Waals surface area (Å²) in [6, 6.07) is 18.7. The molecule has 7 nitrogen and oxygen atoms in total. The number of carboxylic acids is 1. The van der Waals surface area contributed by atoms with E-state index in [1.165, 1.54) is 0 Å². The van der Waals surface area contributed by atoms with E-state index in [2.05, 4.69) is 5.32 Å². The number of fused-ring (bicyclic) bond motifs is 1. The molecule has 1 amide bonds. The summed E-state index contributed by atoms with van der Waals surface area (Å²) in [4.78, 5) is 37.2. The number of hydrogen-bond donors (Lipinski definition) is 2. The highest BCUT2D eigenvalue weighted by Crippen LogP contribution is 2.31. The Morgan fingerprint density at radius 2 is 1.73 bits per heavy atom. The first kappa shape index (κ1) is 26.0. The summed E-state index contributed by atoms with van der Waals surface area (Å²) in [7, 11) is 0. The fourth-order valence-electron chi connectivity index (χ4n) is 4.19. The predicted molar refractivity (Wildman–Crippen MR) is 141 cm³/mol. The van der Waals surface area contributed by atoms with Gasteiger partial charge in [-0.15, -0.1) is 0 Å². The van der Waals surface area contributed by atoms with Crippen molar-refractivity contribution < 1.29 is 23.8 Å². The Morgan fingerprint density at radius 3 is 2.41 bits per heavy atom. The minimum atomic E-state index is -1.16. The normalized spacial score (nSPS) is 11.8. The molecule has 3 aromatic carbocycles. The zero-order valence-corrected chi connectivity index (χ0v) is 21.2. The van der Waals surface area contributed by atoms with E-state index < -0.39 is 30.2 Å². The maximum Gasteiger partial charge on any atom is 0.340 e. The molecule has 0 unspecified atom stereocenters. The molecule has 0 fully saturated rings. The molecule has 4 rings (SSSR count). The van der Waals surface area contributed by atoms with Crippen molar-refractivity contribution in [2.75, 3.05) is 6.61 Å². The first-order valence-corrected chi connectivity index (χ1v) is 12.1. The number of ether oxygens (including phenoxy) is 1. The lowest BCUT2D eigenvalue weighted by atomic mass is 9.98. The standard InChI is InChI=1S/C29H26ClNO6/c1-17-12-24(36-16-26(32)31-23(28(33)34)15-20-8-10-21(30)11-9-20)27-18(2)22(29(35)37-25(27)13-17)14-19-6-4-3-5-7-19/h3-13,23H,14-16H2,1-2H3,(H,31,32)(H,33,34)/t23-/m0/s1. The number of halogens is 1. The van der Waals surface area contributed by atoms with Crippen molar-refractivity contribution in [3.63, 3.8) is 0 Å². The molecule has 1 atom stereocenters. The van der Waals surface area contributed by atoms with Crippen molar-refractivity contribution in [2.24, 2.45) is 0 Å². The Kier molecular flexibility index (Phi) is 7.94. The van der Waals surface area contributed by atoms with Crippen LogP contribution in [-0.4, -0.2) is 29.6 Å². The van der Waals surface area contributed by atoms with Crippen LogP contribution in [0.2, 0.25) is 5.02 Å². The van der Waals surface area contributed by atoms with Crippen molar-refractivity contribution in [1.29, 1.82) is 0 Å². The van der Waals surface area contributed by atoms with E-state index in [4.69, 9.17) is 20.8 Å². The summed E-state index contributed by atoms with van der Waals surface area (Å²) < 4.78 is 11.5. The molecule has 1 aromatic heterocycles. The summed E-state index contributed by atoms with van der Waals surface area (Å²) in [5.41, 5.74) is 3.62. The average molecular weight is 520 g/mol. The molecule has 2 N–H and O–H groups in total. The van der Waals surface area contributed by atoms with Crippen LogP contribution >= 0.6 is 11.6 Å². The van der Waals surface area contributed by atoms with Crippen molar-refractivity contribution in [2.45, 2.75) is 32.7 Å². The minimum Gasteiger partial charge on any atom is -0.483 e. The third-order valence-electron chi connectivity index (χ3n) is 6.06. The predicted octanol–water partition coefficient (Wildman–Crippen LogP) is 4.84. The van der Waals surface area contributed by atoms with E-state index in [-0.39, 0.29) is 6.42 Å². The smallest absolute Gasteiger partial charge is 0.340 e. The van der Waals surface area contributed by atoms with Gasteiger partial charge in [-0.1, -0.05) is 54.1 Å². The van der Waals surface area contributed by atoms with E-state index >= 15 is 0 Å². The molecular formula is C29H26ClNO6. The van der Waals surface area contributed by atoms with Crippen molar-refractivity contribution in [3.05, 3.63) is 110 Å². The zero-order chi connectivity index (χ0) is 26.5. The van der Waals surface area contributed by atoms with Crippen LogP contribution in [0, 0.1) is 13.8 Å². The first-order chi connectivity index (χ1) is 17.7. The van der Waals surface area contributed by atoms with Gasteiger partial charge in [-0.2, -0.15) is 0 Å². The van der Waals surface area contributed by atoms with Crippen molar-refractivity contribution in [1.82, 2.24) is 5.32 Å². The van der Waals surface area contributed by atoms with Crippen LogP contribution in [0.5, 0.6) is 5.75 Å². The van der Waals surface area contributed by atoms with Gasteiger partial charge < -0.3 is 19.6 Å². The van der Waals surface area contributed by atoms with Crippen molar-refractivity contribution >= 4 is 34.4 Å². The molecule has 0 aliphatic carbocycles. The van der Waals surface area contributed by atoms with E-state index in [1.54, 1.807) is 36.4 Å².